The van der Waals surface area contributed by atoms with Gasteiger partial charge in [0.2, 0.25) is 0 Å². The molecule has 32 heavy (non-hydrogen) atoms. The third-order valence-electron chi connectivity index (χ3n) is 4.25. The number of azide groups is 1. The Balaban J connectivity index is 1.82. The maximum Gasteiger partial charge on any atom is 0.408 e. The van der Waals surface area contributed by atoms with Gasteiger partial charge in [-0.25, -0.2) is 19.6 Å². The highest BCUT2D eigenvalue weighted by molar-refractivity contribution is 5.86. The smallest absolute Gasteiger partial charge is 0.408 e. The van der Waals surface area contributed by atoms with Crippen LogP contribution in [0.3, 0.4) is 0 Å². The predicted octanol–water partition coefficient (Wildman–Crippen LogP) is 4.01. The molecular weight excluding hydrogens is 414 g/mol. The van der Waals surface area contributed by atoms with Gasteiger partial charge in [0.1, 0.15) is 36.0 Å². The molecule has 0 saturated carbocycles. The highest BCUT2D eigenvalue weighted by atomic mass is 16.6. The van der Waals surface area contributed by atoms with Gasteiger partial charge in [0, 0.05) is 16.5 Å². The van der Waals surface area contributed by atoms with Gasteiger partial charge in [-0.1, -0.05) is 30.3 Å². The van der Waals surface area contributed by atoms with Crippen LogP contribution in [0.15, 0.2) is 54.0 Å². The van der Waals surface area contributed by atoms with E-state index in [1.807, 2.05) is 30.3 Å². The number of hydrogen-bond donors (Lipinski definition) is 1. The summed E-state index contributed by atoms with van der Waals surface area (Å²) in [4.78, 5) is 36.1. The molecule has 3 rings (SSSR count). The van der Waals surface area contributed by atoms with E-state index in [0.717, 1.165) is 5.56 Å². The molecule has 0 unspecified atom stereocenters. The van der Waals surface area contributed by atoms with Crippen LogP contribution in [0.2, 0.25) is 0 Å². The van der Waals surface area contributed by atoms with Gasteiger partial charge in [-0.2, -0.15) is 0 Å². The van der Waals surface area contributed by atoms with Gasteiger partial charge in [0.25, 0.3) is 0 Å². The topological polar surface area (TPSA) is 144 Å². The zero-order valence-corrected chi connectivity index (χ0v) is 17.9. The van der Waals surface area contributed by atoms with Crippen LogP contribution in [0.1, 0.15) is 26.3 Å². The second-order valence-corrected chi connectivity index (χ2v) is 7.88. The largest absolute Gasteiger partial charge is 0.459 e. The molecule has 11 heteroatoms. The lowest BCUT2D eigenvalue weighted by Gasteiger charge is -2.23. The SMILES string of the molecule is CC(C)(C)OC(=O)N[C@@H](Cn1ccc2c(N=[N+]=[N-])ncnc21)C(=O)OCc1ccccc1. The molecule has 2 heterocycles. The number of esters is 1. The zero-order chi connectivity index (χ0) is 23.1. The van der Waals surface area contributed by atoms with Crippen molar-refractivity contribution in [3.05, 3.63) is 64.9 Å². The highest BCUT2D eigenvalue weighted by Crippen LogP contribution is 2.23. The van der Waals surface area contributed by atoms with Crippen LogP contribution in [-0.2, 0) is 27.4 Å². The molecule has 0 aliphatic rings. The van der Waals surface area contributed by atoms with E-state index in [-0.39, 0.29) is 19.0 Å². The fourth-order valence-corrected chi connectivity index (χ4v) is 2.91. The van der Waals surface area contributed by atoms with Crippen LogP contribution >= 0.6 is 0 Å². The number of rotatable bonds is 7. The van der Waals surface area contributed by atoms with Crippen LogP contribution in [0.4, 0.5) is 10.6 Å². The first-order chi connectivity index (χ1) is 15.3. The van der Waals surface area contributed by atoms with E-state index in [0.29, 0.717) is 11.0 Å². The summed E-state index contributed by atoms with van der Waals surface area (Å²) in [6.07, 6.45) is 2.16. The van der Waals surface area contributed by atoms with E-state index >= 15 is 0 Å². The number of ether oxygens (including phenoxy) is 2. The number of nitrogens with zero attached hydrogens (tertiary/aromatic N) is 6. The minimum Gasteiger partial charge on any atom is -0.459 e. The van der Waals surface area contributed by atoms with Gasteiger partial charge < -0.3 is 19.4 Å². The van der Waals surface area contributed by atoms with E-state index in [1.54, 1.807) is 37.6 Å². The van der Waals surface area contributed by atoms with Crippen molar-refractivity contribution in [1.29, 1.82) is 0 Å². The molecule has 0 aliphatic heterocycles. The Bertz CT molecular complexity index is 1150. The second kappa shape index (κ2) is 9.80. The summed E-state index contributed by atoms with van der Waals surface area (Å²) in [6.45, 7) is 5.25. The number of alkyl carbamates (subject to hydrolysis) is 1. The molecule has 3 aromatic rings. The minimum atomic E-state index is -1.05. The van der Waals surface area contributed by atoms with Crippen LogP contribution in [0, 0.1) is 0 Å². The van der Waals surface area contributed by atoms with E-state index in [1.165, 1.54) is 6.33 Å². The second-order valence-electron chi connectivity index (χ2n) is 7.88. The summed E-state index contributed by atoms with van der Waals surface area (Å²) >= 11 is 0. The van der Waals surface area contributed by atoms with Gasteiger partial charge >= 0.3 is 12.1 Å². The summed E-state index contributed by atoms with van der Waals surface area (Å²) < 4.78 is 12.4. The first-order valence-corrected chi connectivity index (χ1v) is 9.82. The lowest BCUT2D eigenvalue weighted by molar-refractivity contribution is -0.147. The molecule has 1 N–H and O–H groups in total. The minimum absolute atomic E-state index is 0.0170. The molecule has 1 atom stereocenters. The maximum absolute atomic E-state index is 12.8. The first-order valence-electron chi connectivity index (χ1n) is 9.82. The Morgan fingerprint density at radius 1 is 1.22 bits per heavy atom. The summed E-state index contributed by atoms with van der Waals surface area (Å²) in [5.41, 5.74) is 9.24. The number of carbonyl (C=O) groups is 2. The van der Waals surface area contributed by atoms with Crippen molar-refractivity contribution in [3.63, 3.8) is 0 Å². The molecule has 0 aliphatic carbocycles. The standard InChI is InChI=1S/C21H23N7O4/c1-21(2,3)32-20(30)25-16(19(29)31-12-14-7-5-4-6-8-14)11-28-10-9-15-17(26-27-22)23-13-24-18(15)28/h4-10,13,16H,11-12H2,1-3H3,(H,25,30)/t16-/m0/s1. The van der Waals surface area contributed by atoms with Gasteiger partial charge in [0.05, 0.1) is 6.54 Å². The number of carbonyl (C=O) groups excluding carboxylic acids is 2. The maximum atomic E-state index is 12.8. The lowest BCUT2D eigenvalue weighted by atomic mass is 10.2. The third kappa shape index (κ3) is 5.96. The Morgan fingerprint density at radius 3 is 2.66 bits per heavy atom. The van der Waals surface area contributed by atoms with E-state index in [4.69, 9.17) is 15.0 Å². The average molecular weight is 437 g/mol. The quantitative estimate of drug-likeness (QED) is 0.256. The zero-order valence-electron chi connectivity index (χ0n) is 17.9. The van der Waals surface area contributed by atoms with Gasteiger partial charge in [-0.3, -0.25) is 0 Å². The number of fused-ring (bicyclic) bond motifs is 1. The molecule has 0 spiro atoms. The molecule has 0 bridgehead atoms. The molecule has 11 nitrogen and oxygen atoms in total. The normalized spacial score (nSPS) is 12.0. The Kier molecular flexibility index (Phi) is 6.91. The van der Waals surface area contributed by atoms with E-state index in [2.05, 4.69) is 25.3 Å². The fraction of sp³-hybridized carbons (Fsp3) is 0.333. The van der Waals surface area contributed by atoms with Gasteiger partial charge in [-0.15, -0.1) is 0 Å². The van der Waals surface area contributed by atoms with Crippen LogP contribution in [-0.4, -0.2) is 38.2 Å². The number of nitrogens with one attached hydrogen (secondary N) is 1. The Labute approximate surface area is 184 Å². The monoisotopic (exact) mass is 437 g/mol. The number of amides is 1. The van der Waals surface area contributed by atoms with Crippen molar-refractivity contribution in [2.45, 2.75) is 45.6 Å². The number of benzene rings is 1. The fourth-order valence-electron chi connectivity index (χ4n) is 2.91. The van der Waals surface area contributed by atoms with Gasteiger partial charge in [0.15, 0.2) is 0 Å². The van der Waals surface area contributed by atoms with Crippen molar-refractivity contribution in [2.24, 2.45) is 5.11 Å². The highest BCUT2D eigenvalue weighted by Gasteiger charge is 2.27. The van der Waals surface area contributed by atoms with Gasteiger partial charge in [-0.05, 0) is 43.0 Å². The Morgan fingerprint density at radius 2 is 1.97 bits per heavy atom. The molecule has 0 saturated heterocycles. The van der Waals surface area contributed by atoms with Crippen molar-refractivity contribution in [2.75, 3.05) is 0 Å². The molecule has 0 fully saturated rings. The average Bonchev–Trinajstić information content (AvgIpc) is 3.15. The molecule has 0 radical (unpaired) electrons. The molecule has 166 valence electrons. The molecular formula is C21H23N7O4. The number of aromatic nitrogens is 3. The summed E-state index contributed by atoms with van der Waals surface area (Å²) in [5, 5.41) is 6.63. The van der Waals surface area contributed by atoms with Crippen molar-refractivity contribution in [3.8, 4) is 0 Å². The predicted molar refractivity (Wildman–Crippen MR) is 116 cm³/mol. The number of hydrogen-bond acceptors (Lipinski definition) is 7. The van der Waals surface area contributed by atoms with Crippen LogP contribution in [0.25, 0.3) is 21.5 Å². The van der Waals surface area contributed by atoms with Crippen molar-refractivity contribution < 1.29 is 19.1 Å². The van der Waals surface area contributed by atoms with Crippen molar-refractivity contribution >= 4 is 28.9 Å². The molecule has 2 aromatic heterocycles. The summed E-state index contributed by atoms with van der Waals surface area (Å²) in [5.74, 6) is -0.467. The molecule has 1 amide bonds. The Hall–Kier alpha value is -4.11. The lowest BCUT2D eigenvalue weighted by Crippen LogP contribution is -2.46. The van der Waals surface area contributed by atoms with Crippen LogP contribution < -0.4 is 5.32 Å². The third-order valence-corrected chi connectivity index (χ3v) is 4.25. The van der Waals surface area contributed by atoms with Crippen molar-refractivity contribution in [1.82, 2.24) is 19.9 Å². The molecule has 1 aromatic carbocycles. The van der Waals surface area contributed by atoms with E-state index in [9.17, 15) is 9.59 Å². The first kappa shape index (κ1) is 22.6. The van der Waals surface area contributed by atoms with E-state index < -0.39 is 23.7 Å². The summed E-state index contributed by atoms with van der Waals surface area (Å²) in [6, 6.07) is 9.82. The van der Waals surface area contributed by atoms with Crippen LogP contribution in [0.5, 0.6) is 0 Å². The summed E-state index contributed by atoms with van der Waals surface area (Å²) in [7, 11) is 0.